The first-order chi connectivity index (χ1) is 16.1. The van der Waals surface area contributed by atoms with Gasteiger partial charge in [0, 0.05) is 37.6 Å². The smallest absolute Gasteiger partial charge is 0.269 e. The highest BCUT2D eigenvalue weighted by Gasteiger charge is 2.22. The fourth-order valence-electron chi connectivity index (χ4n) is 3.37. The number of carbonyl (C=O) groups is 1. The molecular formula is C23H26N4O5S2. The van der Waals surface area contributed by atoms with E-state index in [1.54, 1.807) is 30.3 Å². The standard InChI is InChI=1S/C23H26N4O5S2/c1-4-25(5-2)15-16-26(21(28)14-11-17-9-12-18(13-10-17)27(29)30)23-24-22-19(33-23)7-6-8-20(22)34(3,31)32/h6-14H,4-5,15-16H2,1-3H3. The van der Waals surface area contributed by atoms with Crippen molar-refractivity contribution in [2.24, 2.45) is 0 Å². The normalized spacial score (nSPS) is 12.0. The maximum Gasteiger partial charge on any atom is 0.269 e. The molecule has 0 aliphatic carbocycles. The van der Waals surface area contributed by atoms with E-state index >= 15 is 0 Å². The SMILES string of the molecule is CCN(CC)CCN(C(=O)C=Cc1ccc([N+](=O)[O-])cc1)c1nc2c(S(C)(=O)=O)cccc2s1. The summed E-state index contributed by atoms with van der Waals surface area (Å²) in [6, 6.07) is 10.8. The number of nitro benzene ring substituents is 1. The molecule has 3 rings (SSSR count). The number of benzene rings is 2. The van der Waals surface area contributed by atoms with Crippen LogP contribution in [-0.4, -0.2) is 61.6 Å². The van der Waals surface area contributed by atoms with Gasteiger partial charge in [0.2, 0.25) is 0 Å². The molecule has 1 aromatic heterocycles. The number of hydrogen-bond donors (Lipinski definition) is 0. The molecule has 0 atom stereocenters. The van der Waals surface area contributed by atoms with Gasteiger partial charge < -0.3 is 4.90 Å². The van der Waals surface area contributed by atoms with Crippen molar-refractivity contribution < 1.29 is 18.1 Å². The molecule has 1 heterocycles. The number of para-hydroxylation sites is 1. The lowest BCUT2D eigenvalue weighted by Crippen LogP contribution is -2.38. The molecule has 0 spiro atoms. The van der Waals surface area contributed by atoms with Crippen LogP contribution in [0.25, 0.3) is 16.3 Å². The van der Waals surface area contributed by atoms with Crippen molar-refractivity contribution in [2.45, 2.75) is 18.7 Å². The van der Waals surface area contributed by atoms with Crippen LogP contribution in [0.2, 0.25) is 0 Å². The average molecular weight is 503 g/mol. The van der Waals surface area contributed by atoms with Crippen LogP contribution in [0, 0.1) is 10.1 Å². The minimum absolute atomic E-state index is 0.0273. The number of hydrogen-bond acceptors (Lipinski definition) is 8. The Balaban J connectivity index is 1.94. The lowest BCUT2D eigenvalue weighted by molar-refractivity contribution is -0.384. The van der Waals surface area contributed by atoms with Crippen LogP contribution >= 0.6 is 11.3 Å². The van der Waals surface area contributed by atoms with E-state index in [4.69, 9.17) is 0 Å². The molecule has 9 nitrogen and oxygen atoms in total. The molecule has 1 amide bonds. The molecule has 0 radical (unpaired) electrons. The van der Waals surface area contributed by atoms with Crippen LogP contribution in [-0.2, 0) is 14.6 Å². The first kappa shape index (κ1) is 25.5. The zero-order valence-electron chi connectivity index (χ0n) is 19.2. The van der Waals surface area contributed by atoms with E-state index in [1.165, 1.54) is 40.5 Å². The Morgan fingerprint density at radius 2 is 1.79 bits per heavy atom. The van der Waals surface area contributed by atoms with Gasteiger partial charge in [0.25, 0.3) is 11.6 Å². The first-order valence-electron chi connectivity index (χ1n) is 10.7. The summed E-state index contributed by atoms with van der Waals surface area (Å²) in [4.78, 5) is 31.9. The number of nitro groups is 1. The quantitative estimate of drug-likeness (QED) is 0.234. The van der Waals surface area contributed by atoms with Gasteiger partial charge in [0.15, 0.2) is 15.0 Å². The first-order valence-corrected chi connectivity index (χ1v) is 13.4. The number of sulfone groups is 1. The Kier molecular flexibility index (Phi) is 8.13. The van der Waals surface area contributed by atoms with Crippen LogP contribution in [0.5, 0.6) is 0 Å². The molecule has 0 unspecified atom stereocenters. The molecule has 0 bridgehead atoms. The van der Waals surface area contributed by atoms with Crippen LogP contribution in [0.4, 0.5) is 10.8 Å². The number of likely N-dealkylation sites (N-methyl/N-ethyl adjacent to an activating group) is 1. The van der Waals surface area contributed by atoms with Gasteiger partial charge in [-0.25, -0.2) is 13.4 Å². The third-order valence-electron chi connectivity index (χ3n) is 5.32. The van der Waals surface area contributed by atoms with Gasteiger partial charge in [-0.15, -0.1) is 0 Å². The maximum absolute atomic E-state index is 13.2. The Morgan fingerprint density at radius 3 is 2.38 bits per heavy atom. The minimum Gasteiger partial charge on any atom is -0.302 e. The predicted molar refractivity (Wildman–Crippen MR) is 135 cm³/mol. The summed E-state index contributed by atoms with van der Waals surface area (Å²) in [5, 5.41) is 11.3. The van der Waals surface area contributed by atoms with Gasteiger partial charge in [-0.3, -0.25) is 19.8 Å². The summed E-state index contributed by atoms with van der Waals surface area (Å²) < 4.78 is 25.1. The second kappa shape index (κ2) is 10.9. The third-order valence-corrected chi connectivity index (χ3v) is 7.50. The van der Waals surface area contributed by atoms with E-state index in [0.717, 1.165) is 19.3 Å². The van der Waals surface area contributed by atoms with Crippen molar-refractivity contribution in [3.05, 3.63) is 64.2 Å². The highest BCUT2D eigenvalue weighted by atomic mass is 32.2. The molecule has 3 aromatic rings. The van der Waals surface area contributed by atoms with Gasteiger partial charge in [-0.1, -0.05) is 31.3 Å². The predicted octanol–water partition coefficient (Wildman–Crippen LogP) is 4.00. The number of rotatable bonds is 10. The van der Waals surface area contributed by atoms with Gasteiger partial charge in [0.05, 0.1) is 14.5 Å². The average Bonchev–Trinajstić information content (AvgIpc) is 3.23. The van der Waals surface area contributed by atoms with E-state index < -0.39 is 14.8 Å². The van der Waals surface area contributed by atoms with Crippen molar-refractivity contribution in [3.8, 4) is 0 Å². The summed E-state index contributed by atoms with van der Waals surface area (Å²) in [6.45, 7) is 6.74. The van der Waals surface area contributed by atoms with E-state index in [1.807, 2.05) is 13.8 Å². The number of non-ortho nitro benzene ring substituents is 1. The van der Waals surface area contributed by atoms with E-state index in [0.29, 0.717) is 34.0 Å². The number of amides is 1. The summed E-state index contributed by atoms with van der Waals surface area (Å²) in [6.07, 6.45) is 4.12. The largest absolute Gasteiger partial charge is 0.302 e. The van der Waals surface area contributed by atoms with Crippen molar-refractivity contribution >= 4 is 54.2 Å². The van der Waals surface area contributed by atoms with Crippen LogP contribution in [0.3, 0.4) is 0 Å². The lowest BCUT2D eigenvalue weighted by atomic mass is 10.2. The fourth-order valence-corrected chi connectivity index (χ4v) is 5.29. The van der Waals surface area contributed by atoms with Crippen molar-refractivity contribution in [2.75, 3.05) is 37.3 Å². The molecule has 0 aliphatic rings. The number of nitrogens with zero attached hydrogens (tertiary/aromatic N) is 4. The molecule has 0 N–H and O–H groups in total. The van der Waals surface area contributed by atoms with Gasteiger partial charge >= 0.3 is 0 Å². The topological polar surface area (TPSA) is 114 Å². The summed E-state index contributed by atoms with van der Waals surface area (Å²) in [5.41, 5.74) is 0.969. The molecule has 0 aliphatic heterocycles. The highest BCUT2D eigenvalue weighted by Crippen LogP contribution is 2.32. The molecular weight excluding hydrogens is 476 g/mol. The van der Waals surface area contributed by atoms with Gasteiger partial charge in [-0.05, 0) is 49.0 Å². The number of anilines is 1. The molecule has 34 heavy (non-hydrogen) atoms. The Hall–Kier alpha value is -3.15. The number of fused-ring (bicyclic) bond motifs is 1. The lowest BCUT2D eigenvalue weighted by Gasteiger charge is -2.23. The van der Waals surface area contributed by atoms with Crippen molar-refractivity contribution in [1.29, 1.82) is 0 Å². The van der Waals surface area contributed by atoms with Crippen molar-refractivity contribution in [1.82, 2.24) is 9.88 Å². The molecule has 0 saturated carbocycles. The van der Waals surface area contributed by atoms with E-state index in [9.17, 15) is 23.3 Å². The molecule has 2 aromatic carbocycles. The second-order valence-electron chi connectivity index (χ2n) is 7.57. The summed E-state index contributed by atoms with van der Waals surface area (Å²) in [7, 11) is -3.48. The number of aromatic nitrogens is 1. The van der Waals surface area contributed by atoms with Crippen LogP contribution in [0.15, 0.2) is 53.4 Å². The maximum atomic E-state index is 13.2. The molecule has 0 fully saturated rings. The summed E-state index contributed by atoms with van der Waals surface area (Å²) >= 11 is 1.26. The van der Waals surface area contributed by atoms with E-state index in [-0.39, 0.29) is 16.5 Å². The Bertz CT molecular complexity index is 1310. The highest BCUT2D eigenvalue weighted by molar-refractivity contribution is 7.91. The van der Waals surface area contributed by atoms with Crippen molar-refractivity contribution in [3.63, 3.8) is 0 Å². The number of carbonyl (C=O) groups excluding carboxylic acids is 1. The van der Waals surface area contributed by atoms with Crippen LogP contribution in [0.1, 0.15) is 19.4 Å². The van der Waals surface area contributed by atoms with Crippen LogP contribution < -0.4 is 4.90 Å². The Morgan fingerprint density at radius 1 is 1.12 bits per heavy atom. The second-order valence-corrected chi connectivity index (χ2v) is 10.6. The monoisotopic (exact) mass is 502 g/mol. The zero-order chi connectivity index (χ0) is 24.9. The van der Waals surface area contributed by atoms with E-state index in [2.05, 4.69) is 9.88 Å². The third kappa shape index (κ3) is 6.04. The van der Waals surface area contributed by atoms with Gasteiger partial charge in [0.1, 0.15) is 5.52 Å². The number of thiazole rings is 1. The molecule has 0 saturated heterocycles. The summed E-state index contributed by atoms with van der Waals surface area (Å²) in [5.74, 6) is -0.314. The zero-order valence-corrected chi connectivity index (χ0v) is 20.8. The molecule has 180 valence electrons. The minimum atomic E-state index is -3.48. The Labute approximate surface area is 202 Å². The van der Waals surface area contributed by atoms with Gasteiger partial charge in [-0.2, -0.15) is 0 Å². The fraction of sp³-hybridized carbons (Fsp3) is 0.304. The molecule has 11 heteroatoms.